The largest absolute Gasteiger partial charge is 0.388 e. The van der Waals surface area contributed by atoms with Gasteiger partial charge in [0.1, 0.15) is 22.5 Å². The highest BCUT2D eigenvalue weighted by Crippen LogP contribution is 2.15. The van der Waals surface area contributed by atoms with Gasteiger partial charge in [-0.2, -0.15) is 0 Å². The lowest BCUT2D eigenvalue weighted by atomic mass is 10.0. The van der Waals surface area contributed by atoms with Crippen LogP contribution in [-0.4, -0.2) is 44.8 Å². The highest BCUT2D eigenvalue weighted by molar-refractivity contribution is 7.80. The van der Waals surface area contributed by atoms with Gasteiger partial charge in [0.15, 0.2) is 0 Å². The Labute approximate surface area is 115 Å². The van der Waals surface area contributed by atoms with Crippen LogP contribution in [0.15, 0.2) is 12.4 Å². The summed E-state index contributed by atoms with van der Waals surface area (Å²) in [5, 5.41) is 2.95. The Kier molecular flexibility index (Phi) is 3.70. The quantitative estimate of drug-likeness (QED) is 0.577. The molecule has 0 aromatic carbocycles. The molecule has 8 heteroatoms. The Balaban J connectivity index is 2.07. The zero-order chi connectivity index (χ0) is 14.0. The maximum atomic E-state index is 11.9. The first-order chi connectivity index (χ1) is 8.99. The molecular weight excluding hydrogens is 266 g/mol. The van der Waals surface area contributed by atoms with Crippen LogP contribution in [0.25, 0.3) is 0 Å². The molecule has 1 aliphatic rings. The molecule has 2 rings (SSSR count). The number of anilines is 1. The van der Waals surface area contributed by atoms with Crippen LogP contribution in [0.1, 0.15) is 18.5 Å². The monoisotopic (exact) mass is 279 g/mol. The lowest BCUT2D eigenvalue weighted by molar-refractivity contribution is -0.146. The van der Waals surface area contributed by atoms with Gasteiger partial charge in [0, 0.05) is 13.5 Å². The van der Waals surface area contributed by atoms with Crippen molar-refractivity contribution in [2.24, 2.45) is 5.73 Å². The fourth-order valence-corrected chi connectivity index (χ4v) is 1.86. The van der Waals surface area contributed by atoms with Gasteiger partial charge < -0.3 is 11.1 Å². The number of rotatable bonds is 3. The molecule has 0 spiro atoms. The maximum Gasteiger partial charge on any atom is 0.251 e. The summed E-state index contributed by atoms with van der Waals surface area (Å²) in [5.74, 6) is 0.00975. The minimum absolute atomic E-state index is 0.165. The van der Waals surface area contributed by atoms with Crippen LogP contribution in [0.2, 0.25) is 0 Å². The number of hydrogen-bond acceptors (Lipinski definition) is 6. The van der Waals surface area contributed by atoms with Gasteiger partial charge in [-0.25, -0.2) is 9.97 Å². The number of carbonyl (C=O) groups excluding carboxylic acids is 2. The van der Waals surface area contributed by atoms with E-state index in [-0.39, 0.29) is 16.8 Å². The summed E-state index contributed by atoms with van der Waals surface area (Å²) in [6.45, 7) is 0. The van der Waals surface area contributed by atoms with E-state index in [1.165, 1.54) is 19.4 Å². The molecule has 0 aliphatic carbocycles. The maximum absolute atomic E-state index is 11.9. The number of imide groups is 1. The molecule has 1 unspecified atom stereocenters. The van der Waals surface area contributed by atoms with E-state index in [0.717, 1.165) is 4.90 Å². The third-order valence-electron chi connectivity index (χ3n) is 2.88. The van der Waals surface area contributed by atoms with Crippen LogP contribution in [0.3, 0.4) is 0 Å². The van der Waals surface area contributed by atoms with E-state index < -0.39 is 6.04 Å². The summed E-state index contributed by atoms with van der Waals surface area (Å²) in [7, 11) is 1.47. The van der Waals surface area contributed by atoms with Gasteiger partial charge in [-0.15, -0.1) is 0 Å². The number of nitrogens with zero attached hydrogens (tertiary/aromatic N) is 3. The molecule has 19 heavy (non-hydrogen) atoms. The molecule has 1 fully saturated rings. The molecule has 1 aromatic heterocycles. The van der Waals surface area contributed by atoms with Gasteiger partial charge in [0.25, 0.3) is 5.91 Å². The number of nitrogens with one attached hydrogen (secondary N) is 1. The lowest BCUT2D eigenvalue weighted by Crippen LogP contribution is -2.48. The number of amides is 2. The zero-order valence-corrected chi connectivity index (χ0v) is 11.1. The molecule has 100 valence electrons. The van der Waals surface area contributed by atoms with Crippen molar-refractivity contribution in [3.8, 4) is 0 Å². The van der Waals surface area contributed by atoms with Crippen molar-refractivity contribution in [2.45, 2.75) is 18.9 Å². The van der Waals surface area contributed by atoms with Gasteiger partial charge in [-0.05, 0) is 6.42 Å². The third kappa shape index (κ3) is 2.84. The number of hydrogen-bond donors (Lipinski definition) is 2. The summed E-state index contributed by atoms with van der Waals surface area (Å²) in [6, 6.07) is -0.465. The Morgan fingerprint density at radius 1 is 1.47 bits per heavy atom. The summed E-state index contributed by atoms with van der Waals surface area (Å²) >= 11 is 4.77. The molecule has 3 N–H and O–H groups in total. The fourth-order valence-electron chi connectivity index (χ4n) is 1.76. The predicted octanol–water partition coefficient (Wildman–Crippen LogP) is -0.330. The van der Waals surface area contributed by atoms with E-state index in [2.05, 4.69) is 15.3 Å². The predicted molar refractivity (Wildman–Crippen MR) is 72.3 cm³/mol. The molecule has 2 amide bonds. The Bertz CT molecular complexity index is 530. The van der Waals surface area contributed by atoms with Crippen molar-refractivity contribution in [2.75, 3.05) is 12.4 Å². The average molecular weight is 279 g/mol. The molecule has 1 atom stereocenters. The number of likely N-dealkylation sites (N-methyl/N-ethyl adjacent to an activating group) is 1. The van der Waals surface area contributed by atoms with E-state index in [4.69, 9.17) is 18.0 Å². The van der Waals surface area contributed by atoms with Crippen molar-refractivity contribution in [1.82, 2.24) is 14.9 Å². The smallest absolute Gasteiger partial charge is 0.251 e. The van der Waals surface area contributed by atoms with E-state index in [1.807, 2.05) is 0 Å². The second kappa shape index (κ2) is 5.27. The Morgan fingerprint density at radius 2 is 2.21 bits per heavy atom. The van der Waals surface area contributed by atoms with Gasteiger partial charge in [0.2, 0.25) is 5.91 Å². The SMILES string of the molecule is CN1C(=O)CCC(Nc2cnc(C(N)=S)cn2)C1=O. The van der Waals surface area contributed by atoms with Crippen LogP contribution in [0.5, 0.6) is 0 Å². The third-order valence-corrected chi connectivity index (χ3v) is 3.09. The molecule has 2 heterocycles. The van der Waals surface area contributed by atoms with Crippen molar-refractivity contribution < 1.29 is 9.59 Å². The number of carbonyl (C=O) groups is 2. The first kappa shape index (κ1) is 13.3. The van der Waals surface area contributed by atoms with Gasteiger partial charge in [-0.3, -0.25) is 14.5 Å². The molecule has 1 saturated heterocycles. The van der Waals surface area contributed by atoms with Crippen LogP contribution < -0.4 is 11.1 Å². The molecule has 1 aliphatic heterocycles. The average Bonchev–Trinajstić information content (AvgIpc) is 2.40. The van der Waals surface area contributed by atoms with Gasteiger partial charge in [0.05, 0.1) is 12.4 Å². The fraction of sp³-hybridized carbons (Fsp3) is 0.364. The first-order valence-corrected chi connectivity index (χ1v) is 6.08. The zero-order valence-electron chi connectivity index (χ0n) is 10.3. The van der Waals surface area contributed by atoms with E-state index >= 15 is 0 Å². The van der Waals surface area contributed by atoms with E-state index in [0.29, 0.717) is 24.4 Å². The molecule has 1 aromatic rings. The summed E-state index contributed by atoms with van der Waals surface area (Å²) in [4.78, 5) is 32.6. The molecule has 7 nitrogen and oxygen atoms in total. The number of likely N-dealkylation sites (tertiary alicyclic amines) is 1. The topological polar surface area (TPSA) is 101 Å². The van der Waals surface area contributed by atoms with E-state index in [9.17, 15) is 9.59 Å². The Hall–Kier alpha value is -2.09. The highest BCUT2D eigenvalue weighted by atomic mass is 32.1. The minimum Gasteiger partial charge on any atom is -0.388 e. The van der Waals surface area contributed by atoms with Crippen molar-refractivity contribution in [3.63, 3.8) is 0 Å². The molecule has 0 bridgehead atoms. The number of nitrogens with two attached hydrogens (primary N) is 1. The summed E-state index contributed by atoms with van der Waals surface area (Å²) < 4.78 is 0. The molecule has 0 saturated carbocycles. The first-order valence-electron chi connectivity index (χ1n) is 5.68. The van der Waals surface area contributed by atoms with E-state index in [1.54, 1.807) is 0 Å². The number of aromatic nitrogens is 2. The second-order valence-electron chi connectivity index (χ2n) is 4.18. The van der Waals surface area contributed by atoms with Crippen molar-refractivity contribution in [3.05, 3.63) is 18.1 Å². The normalized spacial score (nSPS) is 19.4. The van der Waals surface area contributed by atoms with Crippen molar-refractivity contribution >= 4 is 34.8 Å². The standard InChI is InChI=1S/C11H13N5O2S/c1-16-9(17)3-2-6(11(16)18)15-8-5-13-7(4-14-8)10(12)19/h4-6H,2-3H2,1H3,(H2,12,19)(H,14,15). The summed E-state index contributed by atoms with van der Waals surface area (Å²) in [6.07, 6.45) is 3.67. The number of thiocarbonyl (C=S) groups is 1. The highest BCUT2D eigenvalue weighted by Gasteiger charge is 2.31. The Morgan fingerprint density at radius 3 is 2.79 bits per heavy atom. The summed E-state index contributed by atoms with van der Waals surface area (Å²) in [5.41, 5.74) is 5.83. The second-order valence-corrected chi connectivity index (χ2v) is 4.62. The van der Waals surface area contributed by atoms with Gasteiger partial charge >= 0.3 is 0 Å². The van der Waals surface area contributed by atoms with Crippen LogP contribution in [-0.2, 0) is 9.59 Å². The molecule has 0 radical (unpaired) electrons. The van der Waals surface area contributed by atoms with Crippen LogP contribution in [0, 0.1) is 0 Å². The van der Waals surface area contributed by atoms with Crippen LogP contribution >= 0.6 is 12.2 Å². The van der Waals surface area contributed by atoms with Crippen LogP contribution in [0.4, 0.5) is 5.82 Å². The molecular formula is C11H13N5O2S. The van der Waals surface area contributed by atoms with Crippen molar-refractivity contribution in [1.29, 1.82) is 0 Å². The van der Waals surface area contributed by atoms with Gasteiger partial charge in [-0.1, -0.05) is 12.2 Å². The lowest BCUT2D eigenvalue weighted by Gasteiger charge is -2.28. The minimum atomic E-state index is -0.465. The number of piperidine rings is 1.